The molecule has 1 N–H and O–H groups in total. The fourth-order valence-electron chi connectivity index (χ4n) is 1.57. The Kier molecular flexibility index (Phi) is 3.73. The molecule has 1 aliphatic carbocycles. The SMILES string of the molecule is O=C(NCC1(CCl)CC1)c1cc(Br)ccc1F. The average molecular weight is 321 g/mol. The molecule has 0 aromatic heterocycles. The van der Waals surface area contributed by atoms with Crippen LogP contribution >= 0.6 is 27.5 Å². The van der Waals surface area contributed by atoms with Crippen molar-refractivity contribution in [2.75, 3.05) is 12.4 Å². The monoisotopic (exact) mass is 319 g/mol. The van der Waals surface area contributed by atoms with Gasteiger partial charge in [-0.2, -0.15) is 0 Å². The van der Waals surface area contributed by atoms with Crippen LogP contribution in [-0.4, -0.2) is 18.3 Å². The Bertz CT molecular complexity index is 448. The van der Waals surface area contributed by atoms with Crippen LogP contribution in [-0.2, 0) is 0 Å². The third-order valence-corrected chi connectivity index (χ3v) is 4.10. The van der Waals surface area contributed by atoms with Crippen molar-refractivity contribution < 1.29 is 9.18 Å². The quantitative estimate of drug-likeness (QED) is 0.847. The minimum absolute atomic E-state index is 0.0414. The third kappa shape index (κ3) is 2.99. The molecular weight excluding hydrogens is 308 g/mol. The molecule has 1 aromatic carbocycles. The van der Waals surface area contributed by atoms with Gasteiger partial charge in [0.05, 0.1) is 5.56 Å². The molecule has 0 bridgehead atoms. The minimum atomic E-state index is -0.513. The van der Waals surface area contributed by atoms with Gasteiger partial charge in [-0.05, 0) is 31.0 Å². The first-order valence-electron chi connectivity index (χ1n) is 5.36. The van der Waals surface area contributed by atoms with Crippen LogP contribution in [0, 0.1) is 11.2 Å². The summed E-state index contributed by atoms with van der Waals surface area (Å²) in [5.41, 5.74) is 0.101. The topological polar surface area (TPSA) is 29.1 Å². The second-order valence-corrected chi connectivity index (χ2v) is 5.62. The standard InChI is InChI=1S/C12H12BrClFNO/c13-8-1-2-10(15)9(5-8)11(17)16-7-12(6-14)3-4-12/h1-2,5H,3-4,6-7H2,(H,16,17). The normalized spacial score (nSPS) is 16.6. The summed E-state index contributed by atoms with van der Waals surface area (Å²) in [5, 5.41) is 2.74. The zero-order chi connectivity index (χ0) is 12.5. The molecule has 1 aliphatic rings. The lowest BCUT2D eigenvalue weighted by atomic mass is 10.1. The van der Waals surface area contributed by atoms with Crippen molar-refractivity contribution in [2.24, 2.45) is 5.41 Å². The number of halogens is 3. The molecule has 0 saturated heterocycles. The Morgan fingerprint density at radius 3 is 2.82 bits per heavy atom. The molecule has 2 nitrogen and oxygen atoms in total. The molecule has 0 heterocycles. The number of benzene rings is 1. The molecule has 2 rings (SSSR count). The van der Waals surface area contributed by atoms with E-state index in [1.165, 1.54) is 12.1 Å². The van der Waals surface area contributed by atoms with Crippen LogP contribution in [0.4, 0.5) is 4.39 Å². The van der Waals surface area contributed by atoms with E-state index in [2.05, 4.69) is 21.2 Å². The summed E-state index contributed by atoms with van der Waals surface area (Å²) in [7, 11) is 0. The highest BCUT2D eigenvalue weighted by Gasteiger charge is 2.41. The maximum Gasteiger partial charge on any atom is 0.254 e. The van der Waals surface area contributed by atoms with E-state index in [0.717, 1.165) is 12.8 Å². The molecule has 0 unspecified atom stereocenters. The fourth-order valence-corrected chi connectivity index (χ4v) is 2.29. The van der Waals surface area contributed by atoms with Crippen molar-refractivity contribution in [1.82, 2.24) is 5.32 Å². The number of carbonyl (C=O) groups excluding carboxylic acids is 1. The zero-order valence-corrected chi connectivity index (χ0v) is 11.4. The van der Waals surface area contributed by atoms with E-state index in [4.69, 9.17) is 11.6 Å². The molecule has 1 fully saturated rings. The molecule has 5 heteroatoms. The summed E-state index contributed by atoms with van der Waals surface area (Å²) in [6.45, 7) is 0.515. The van der Waals surface area contributed by atoms with Crippen LogP contribution in [0.3, 0.4) is 0 Å². The van der Waals surface area contributed by atoms with E-state index in [-0.39, 0.29) is 16.9 Å². The van der Waals surface area contributed by atoms with Crippen LogP contribution in [0.1, 0.15) is 23.2 Å². The zero-order valence-electron chi connectivity index (χ0n) is 9.10. The molecule has 0 aliphatic heterocycles. The first kappa shape index (κ1) is 12.8. The summed E-state index contributed by atoms with van der Waals surface area (Å²) in [6.07, 6.45) is 2.05. The maximum absolute atomic E-state index is 13.4. The van der Waals surface area contributed by atoms with Crippen molar-refractivity contribution in [3.05, 3.63) is 34.1 Å². The van der Waals surface area contributed by atoms with Gasteiger partial charge in [0.2, 0.25) is 0 Å². The highest BCUT2D eigenvalue weighted by atomic mass is 79.9. The van der Waals surface area contributed by atoms with Gasteiger partial charge in [-0.15, -0.1) is 11.6 Å². The number of rotatable bonds is 4. The van der Waals surface area contributed by atoms with Crippen molar-refractivity contribution in [3.8, 4) is 0 Å². The summed E-state index contributed by atoms with van der Waals surface area (Å²) in [6, 6.07) is 4.31. The Balaban J connectivity index is 2.02. The largest absolute Gasteiger partial charge is 0.351 e. The number of hydrogen-bond donors (Lipinski definition) is 1. The molecule has 1 aromatic rings. The van der Waals surface area contributed by atoms with Crippen molar-refractivity contribution >= 4 is 33.4 Å². The molecule has 0 radical (unpaired) electrons. The van der Waals surface area contributed by atoms with Crippen LogP contribution in [0.25, 0.3) is 0 Å². The van der Waals surface area contributed by atoms with Crippen LogP contribution < -0.4 is 5.32 Å². The number of amides is 1. The molecule has 92 valence electrons. The lowest BCUT2D eigenvalue weighted by Crippen LogP contribution is -2.31. The second-order valence-electron chi connectivity index (χ2n) is 4.44. The smallest absolute Gasteiger partial charge is 0.254 e. The van der Waals surface area contributed by atoms with Gasteiger partial charge in [0, 0.05) is 22.3 Å². The first-order chi connectivity index (χ1) is 8.06. The molecule has 0 atom stereocenters. The predicted octanol–water partition coefficient (Wildman–Crippen LogP) is 3.34. The molecule has 1 amide bonds. The minimum Gasteiger partial charge on any atom is -0.351 e. The van der Waals surface area contributed by atoms with E-state index in [9.17, 15) is 9.18 Å². The van der Waals surface area contributed by atoms with Gasteiger partial charge in [0.15, 0.2) is 0 Å². The van der Waals surface area contributed by atoms with E-state index >= 15 is 0 Å². The average Bonchev–Trinajstić information content (AvgIpc) is 3.10. The summed E-state index contributed by atoms with van der Waals surface area (Å²) < 4.78 is 14.1. The Morgan fingerprint density at radius 2 is 2.24 bits per heavy atom. The van der Waals surface area contributed by atoms with E-state index in [0.29, 0.717) is 16.9 Å². The third-order valence-electron chi connectivity index (χ3n) is 3.04. The highest BCUT2D eigenvalue weighted by Crippen LogP contribution is 2.45. The van der Waals surface area contributed by atoms with Gasteiger partial charge < -0.3 is 5.32 Å². The summed E-state index contributed by atoms with van der Waals surface area (Å²) in [5.74, 6) is -0.365. The van der Waals surface area contributed by atoms with Crippen LogP contribution in [0.5, 0.6) is 0 Å². The predicted molar refractivity (Wildman–Crippen MR) is 68.8 cm³/mol. The number of alkyl halides is 1. The van der Waals surface area contributed by atoms with Crippen molar-refractivity contribution in [2.45, 2.75) is 12.8 Å². The lowest BCUT2D eigenvalue weighted by Gasteiger charge is -2.12. The molecule has 0 spiro atoms. The van der Waals surface area contributed by atoms with E-state index in [1.807, 2.05) is 0 Å². The Morgan fingerprint density at radius 1 is 1.53 bits per heavy atom. The summed E-state index contributed by atoms with van der Waals surface area (Å²) >= 11 is 9.02. The molecule has 17 heavy (non-hydrogen) atoms. The number of hydrogen-bond acceptors (Lipinski definition) is 1. The number of nitrogens with one attached hydrogen (secondary N) is 1. The van der Waals surface area contributed by atoms with Crippen molar-refractivity contribution in [1.29, 1.82) is 0 Å². The van der Waals surface area contributed by atoms with Gasteiger partial charge in [0.1, 0.15) is 5.82 Å². The first-order valence-corrected chi connectivity index (χ1v) is 6.68. The lowest BCUT2D eigenvalue weighted by molar-refractivity contribution is 0.0942. The Hall–Kier alpha value is -0.610. The van der Waals surface area contributed by atoms with Crippen LogP contribution in [0.2, 0.25) is 0 Å². The molecular formula is C12H12BrClFNO. The fraction of sp³-hybridized carbons (Fsp3) is 0.417. The second kappa shape index (κ2) is 4.94. The van der Waals surface area contributed by atoms with Gasteiger partial charge in [0.25, 0.3) is 5.91 Å². The van der Waals surface area contributed by atoms with Gasteiger partial charge >= 0.3 is 0 Å². The van der Waals surface area contributed by atoms with E-state index in [1.54, 1.807) is 6.07 Å². The molecule has 1 saturated carbocycles. The van der Waals surface area contributed by atoms with Gasteiger partial charge in [-0.25, -0.2) is 4.39 Å². The van der Waals surface area contributed by atoms with Gasteiger partial charge in [-0.1, -0.05) is 15.9 Å². The Labute approximate surface area is 113 Å². The van der Waals surface area contributed by atoms with Crippen molar-refractivity contribution in [3.63, 3.8) is 0 Å². The van der Waals surface area contributed by atoms with Crippen LogP contribution in [0.15, 0.2) is 22.7 Å². The van der Waals surface area contributed by atoms with E-state index < -0.39 is 5.82 Å². The maximum atomic E-state index is 13.4. The van der Waals surface area contributed by atoms with Gasteiger partial charge in [-0.3, -0.25) is 4.79 Å². The highest BCUT2D eigenvalue weighted by molar-refractivity contribution is 9.10. The summed E-state index contributed by atoms with van der Waals surface area (Å²) in [4.78, 5) is 11.8. The number of carbonyl (C=O) groups is 1.